The number of halogens is 5. The lowest BCUT2D eigenvalue weighted by Crippen LogP contribution is -2.46. The van der Waals surface area contributed by atoms with Gasteiger partial charge in [0.2, 0.25) is 5.91 Å². The molecule has 0 saturated carbocycles. The van der Waals surface area contributed by atoms with Crippen molar-refractivity contribution in [3.05, 3.63) is 33.8 Å². The summed E-state index contributed by atoms with van der Waals surface area (Å²) >= 11 is 11.9. The second kappa shape index (κ2) is 9.80. The van der Waals surface area contributed by atoms with E-state index in [9.17, 15) is 22.8 Å². The summed E-state index contributed by atoms with van der Waals surface area (Å²) in [5, 5.41) is 3.37. The van der Waals surface area contributed by atoms with Gasteiger partial charge in [-0.15, -0.1) is 0 Å². The van der Waals surface area contributed by atoms with Gasteiger partial charge in [0.1, 0.15) is 6.04 Å². The number of likely N-dealkylation sites (tertiary alicyclic amines) is 1. The quantitative estimate of drug-likeness (QED) is 0.660. The number of amides is 2. The van der Waals surface area contributed by atoms with E-state index in [1.54, 1.807) is 0 Å². The first kappa shape index (κ1) is 22.8. The van der Waals surface area contributed by atoms with Gasteiger partial charge in [0, 0.05) is 28.7 Å². The molecule has 5 nitrogen and oxygen atoms in total. The van der Waals surface area contributed by atoms with Crippen LogP contribution in [0.25, 0.3) is 0 Å². The molecule has 10 heteroatoms. The SMILES string of the molecule is CN(CCCNC(=O)C1CCCN1C(=O)c1cc(Cl)cc(Cl)c1)CC(F)(F)F. The molecule has 156 valence electrons. The van der Waals surface area contributed by atoms with Crippen LogP contribution < -0.4 is 5.32 Å². The van der Waals surface area contributed by atoms with Gasteiger partial charge in [0.05, 0.1) is 6.54 Å². The van der Waals surface area contributed by atoms with Crippen LogP contribution in [-0.4, -0.2) is 67.1 Å². The van der Waals surface area contributed by atoms with E-state index in [0.29, 0.717) is 41.4 Å². The van der Waals surface area contributed by atoms with Crippen LogP contribution in [0, 0.1) is 0 Å². The number of alkyl halides is 3. The van der Waals surface area contributed by atoms with Crippen molar-refractivity contribution in [1.82, 2.24) is 15.1 Å². The molecule has 1 saturated heterocycles. The average molecular weight is 440 g/mol. The number of carbonyl (C=O) groups excluding carboxylic acids is 2. The molecule has 0 bridgehead atoms. The third kappa shape index (κ3) is 6.83. The summed E-state index contributed by atoms with van der Waals surface area (Å²) in [4.78, 5) is 27.8. The molecule has 1 aromatic rings. The summed E-state index contributed by atoms with van der Waals surface area (Å²) in [6, 6.07) is 3.90. The van der Waals surface area contributed by atoms with E-state index in [0.717, 1.165) is 4.90 Å². The van der Waals surface area contributed by atoms with E-state index in [2.05, 4.69) is 5.32 Å². The third-order valence-corrected chi connectivity index (χ3v) is 4.83. The second-order valence-corrected chi connectivity index (χ2v) is 7.69. The van der Waals surface area contributed by atoms with E-state index in [1.807, 2.05) is 0 Å². The smallest absolute Gasteiger partial charge is 0.354 e. The van der Waals surface area contributed by atoms with E-state index < -0.39 is 18.8 Å². The Bertz CT molecular complexity index is 696. The Balaban J connectivity index is 1.86. The molecule has 0 spiro atoms. The zero-order chi connectivity index (χ0) is 20.9. The number of nitrogens with one attached hydrogen (secondary N) is 1. The van der Waals surface area contributed by atoms with Crippen molar-refractivity contribution in [3.63, 3.8) is 0 Å². The molecule has 1 aliphatic heterocycles. The Morgan fingerprint density at radius 1 is 1.25 bits per heavy atom. The fourth-order valence-corrected chi connectivity index (χ4v) is 3.72. The highest BCUT2D eigenvalue weighted by Gasteiger charge is 2.34. The van der Waals surface area contributed by atoms with Gasteiger partial charge < -0.3 is 10.2 Å². The summed E-state index contributed by atoms with van der Waals surface area (Å²) < 4.78 is 36.9. The first-order chi connectivity index (χ1) is 13.1. The van der Waals surface area contributed by atoms with Gasteiger partial charge in [-0.05, 0) is 51.1 Å². The number of hydrogen-bond donors (Lipinski definition) is 1. The summed E-state index contributed by atoms with van der Waals surface area (Å²) in [7, 11) is 1.38. The van der Waals surface area contributed by atoms with Crippen LogP contribution in [0.3, 0.4) is 0 Å². The largest absolute Gasteiger partial charge is 0.401 e. The Labute approximate surface area is 171 Å². The maximum Gasteiger partial charge on any atom is 0.401 e. The van der Waals surface area contributed by atoms with Gasteiger partial charge in [-0.3, -0.25) is 14.5 Å². The van der Waals surface area contributed by atoms with Gasteiger partial charge in [0.25, 0.3) is 5.91 Å². The maximum absolute atomic E-state index is 12.7. The monoisotopic (exact) mass is 439 g/mol. The van der Waals surface area contributed by atoms with Crippen LogP contribution >= 0.6 is 23.2 Å². The minimum Gasteiger partial charge on any atom is -0.354 e. The molecular formula is C18H22Cl2F3N3O2. The Kier molecular flexibility index (Phi) is 7.97. The number of hydrogen-bond acceptors (Lipinski definition) is 3. The number of rotatable bonds is 7. The topological polar surface area (TPSA) is 52.7 Å². The predicted octanol–water partition coefficient (Wildman–Crippen LogP) is 3.60. The number of carbonyl (C=O) groups is 2. The summed E-state index contributed by atoms with van der Waals surface area (Å²) in [5.74, 6) is -0.635. The van der Waals surface area contributed by atoms with Gasteiger partial charge >= 0.3 is 6.18 Å². The molecule has 1 aliphatic rings. The Morgan fingerprint density at radius 3 is 2.50 bits per heavy atom. The second-order valence-electron chi connectivity index (χ2n) is 6.81. The van der Waals surface area contributed by atoms with Crippen LogP contribution in [0.15, 0.2) is 18.2 Å². The minimum absolute atomic E-state index is 0.202. The molecule has 1 heterocycles. The molecule has 1 N–H and O–H groups in total. The fraction of sp³-hybridized carbons (Fsp3) is 0.556. The highest BCUT2D eigenvalue weighted by Crippen LogP contribution is 2.24. The van der Waals surface area contributed by atoms with Gasteiger partial charge in [-0.25, -0.2) is 0 Å². The normalized spacial score (nSPS) is 17.2. The summed E-state index contributed by atoms with van der Waals surface area (Å²) in [5.41, 5.74) is 0.311. The highest BCUT2D eigenvalue weighted by atomic mass is 35.5. The number of nitrogens with zero attached hydrogens (tertiary/aromatic N) is 2. The first-order valence-corrected chi connectivity index (χ1v) is 9.62. The standard InChI is InChI=1S/C18H22Cl2F3N3O2/c1-25(11-18(21,22)23)6-3-5-24-16(27)15-4-2-7-26(15)17(28)12-8-13(19)10-14(20)9-12/h8-10,15H,2-7,11H2,1H3,(H,24,27). The number of benzene rings is 1. The molecule has 28 heavy (non-hydrogen) atoms. The van der Waals surface area contributed by atoms with Crippen molar-refractivity contribution < 1.29 is 22.8 Å². The molecule has 1 aromatic carbocycles. The molecular weight excluding hydrogens is 418 g/mol. The van der Waals surface area contributed by atoms with E-state index in [-0.39, 0.29) is 24.9 Å². The van der Waals surface area contributed by atoms with Crippen molar-refractivity contribution in [2.45, 2.75) is 31.5 Å². The summed E-state index contributed by atoms with van der Waals surface area (Å²) in [6.07, 6.45) is -2.65. The highest BCUT2D eigenvalue weighted by molar-refractivity contribution is 6.35. The lowest BCUT2D eigenvalue weighted by molar-refractivity contribution is -0.143. The van der Waals surface area contributed by atoms with Gasteiger partial charge in [-0.1, -0.05) is 23.2 Å². The molecule has 1 unspecified atom stereocenters. The molecule has 2 amide bonds. The van der Waals surface area contributed by atoms with Crippen molar-refractivity contribution in [2.24, 2.45) is 0 Å². The third-order valence-electron chi connectivity index (χ3n) is 4.39. The molecule has 1 atom stereocenters. The van der Waals surface area contributed by atoms with Crippen LogP contribution in [0.5, 0.6) is 0 Å². The Morgan fingerprint density at radius 2 is 1.89 bits per heavy atom. The zero-order valence-electron chi connectivity index (χ0n) is 15.4. The van der Waals surface area contributed by atoms with Crippen LogP contribution in [0.1, 0.15) is 29.6 Å². The van der Waals surface area contributed by atoms with Crippen molar-refractivity contribution in [3.8, 4) is 0 Å². The van der Waals surface area contributed by atoms with Crippen molar-refractivity contribution >= 4 is 35.0 Å². The lowest BCUT2D eigenvalue weighted by atomic mass is 10.1. The van der Waals surface area contributed by atoms with Crippen molar-refractivity contribution in [1.29, 1.82) is 0 Å². The van der Waals surface area contributed by atoms with Crippen molar-refractivity contribution in [2.75, 3.05) is 33.2 Å². The maximum atomic E-state index is 12.7. The van der Waals surface area contributed by atoms with Crippen LogP contribution in [0.4, 0.5) is 13.2 Å². The van der Waals surface area contributed by atoms with E-state index >= 15 is 0 Å². The molecule has 1 fully saturated rings. The van der Waals surface area contributed by atoms with Crippen LogP contribution in [-0.2, 0) is 4.79 Å². The summed E-state index contributed by atoms with van der Waals surface area (Å²) in [6.45, 7) is -0.111. The minimum atomic E-state index is -4.24. The average Bonchev–Trinajstić information content (AvgIpc) is 3.05. The molecule has 0 radical (unpaired) electrons. The molecule has 0 aromatic heterocycles. The van der Waals surface area contributed by atoms with Crippen LogP contribution in [0.2, 0.25) is 10.0 Å². The predicted molar refractivity (Wildman–Crippen MR) is 102 cm³/mol. The Hall–Kier alpha value is -1.51. The fourth-order valence-electron chi connectivity index (χ4n) is 3.19. The molecule has 0 aliphatic carbocycles. The van der Waals surface area contributed by atoms with E-state index in [4.69, 9.17) is 23.2 Å². The molecule has 2 rings (SSSR count). The zero-order valence-corrected chi connectivity index (χ0v) is 16.9. The van der Waals surface area contributed by atoms with E-state index in [1.165, 1.54) is 30.1 Å². The van der Waals surface area contributed by atoms with Gasteiger partial charge in [0.15, 0.2) is 0 Å². The lowest BCUT2D eigenvalue weighted by Gasteiger charge is -2.24. The van der Waals surface area contributed by atoms with Gasteiger partial charge in [-0.2, -0.15) is 13.2 Å². The first-order valence-electron chi connectivity index (χ1n) is 8.87.